The highest BCUT2D eigenvalue weighted by Gasteiger charge is 2.37. The van der Waals surface area contributed by atoms with Gasteiger partial charge in [0.05, 0.1) is 18.1 Å². The molecule has 1 fully saturated rings. The van der Waals surface area contributed by atoms with Crippen molar-refractivity contribution < 1.29 is 14.7 Å². The van der Waals surface area contributed by atoms with Gasteiger partial charge in [0.2, 0.25) is 11.8 Å². The lowest BCUT2D eigenvalue weighted by Gasteiger charge is -2.20. The maximum Gasteiger partial charge on any atom is 0.225 e. The lowest BCUT2D eigenvalue weighted by molar-refractivity contribution is -0.129. The second-order valence-corrected chi connectivity index (χ2v) is 5.79. The normalized spacial score (nSPS) is 27.8. The molecule has 0 aromatic heterocycles. The van der Waals surface area contributed by atoms with E-state index in [9.17, 15) is 14.7 Å². The third-order valence-corrected chi connectivity index (χ3v) is 4.47. The molecule has 1 aromatic rings. The summed E-state index contributed by atoms with van der Waals surface area (Å²) in [6.45, 7) is 3.03. The van der Waals surface area contributed by atoms with E-state index in [0.717, 1.165) is 11.1 Å². The molecule has 1 saturated heterocycles. The molecular formula is C16H20N2O3. The van der Waals surface area contributed by atoms with Gasteiger partial charge in [-0.1, -0.05) is 24.3 Å². The Morgan fingerprint density at radius 2 is 2.14 bits per heavy atom. The number of fused-ring (bicyclic) bond motifs is 1. The molecule has 1 aromatic carbocycles. The van der Waals surface area contributed by atoms with Crippen LogP contribution in [0.5, 0.6) is 0 Å². The minimum absolute atomic E-state index is 0.0324. The maximum atomic E-state index is 12.4. The highest BCUT2D eigenvalue weighted by atomic mass is 16.3. The molecule has 3 rings (SSSR count). The Balaban J connectivity index is 1.70. The van der Waals surface area contributed by atoms with Gasteiger partial charge in [-0.3, -0.25) is 9.59 Å². The van der Waals surface area contributed by atoms with E-state index in [2.05, 4.69) is 5.32 Å². The van der Waals surface area contributed by atoms with Crippen LogP contribution in [0.1, 0.15) is 30.5 Å². The number of nitrogens with one attached hydrogen (secondary N) is 1. The average Bonchev–Trinajstić information content (AvgIpc) is 3.00. The molecule has 1 heterocycles. The van der Waals surface area contributed by atoms with Crippen LogP contribution in [0.15, 0.2) is 24.3 Å². The quantitative estimate of drug-likeness (QED) is 0.857. The average molecular weight is 288 g/mol. The van der Waals surface area contributed by atoms with Crippen LogP contribution < -0.4 is 5.32 Å². The predicted octanol–water partition coefficient (Wildman–Crippen LogP) is 0.629. The van der Waals surface area contributed by atoms with Crippen LogP contribution in [0.4, 0.5) is 0 Å². The lowest BCUT2D eigenvalue weighted by atomic mass is 10.0. The zero-order valence-electron chi connectivity index (χ0n) is 12.1. The molecule has 3 atom stereocenters. The summed E-state index contributed by atoms with van der Waals surface area (Å²) in [5.74, 6) is -0.414. The van der Waals surface area contributed by atoms with E-state index in [0.29, 0.717) is 19.5 Å². The van der Waals surface area contributed by atoms with Crippen molar-refractivity contribution in [3.05, 3.63) is 35.4 Å². The van der Waals surface area contributed by atoms with Crippen LogP contribution in [0.3, 0.4) is 0 Å². The first-order valence-electron chi connectivity index (χ1n) is 7.44. The van der Waals surface area contributed by atoms with Crippen molar-refractivity contribution in [2.24, 2.45) is 5.92 Å². The number of rotatable bonds is 3. The highest BCUT2D eigenvalue weighted by molar-refractivity contribution is 5.89. The molecule has 1 aliphatic carbocycles. The molecule has 1 aliphatic heterocycles. The van der Waals surface area contributed by atoms with Crippen molar-refractivity contribution in [2.75, 3.05) is 13.1 Å². The van der Waals surface area contributed by atoms with E-state index >= 15 is 0 Å². The topological polar surface area (TPSA) is 69.6 Å². The number of benzene rings is 1. The van der Waals surface area contributed by atoms with Gasteiger partial charge in [0, 0.05) is 25.9 Å². The Hall–Kier alpha value is -1.88. The van der Waals surface area contributed by atoms with Crippen LogP contribution >= 0.6 is 0 Å². The fourth-order valence-electron chi connectivity index (χ4n) is 3.27. The zero-order valence-corrected chi connectivity index (χ0v) is 12.1. The minimum Gasteiger partial charge on any atom is -0.390 e. The second kappa shape index (κ2) is 5.48. The number of nitrogens with zero attached hydrogens (tertiary/aromatic N) is 1. The van der Waals surface area contributed by atoms with Gasteiger partial charge < -0.3 is 15.3 Å². The Labute approximate surface area is 123 Å². The molecule has 0 saturated carbocycles. The molecular weight excluding hydrogens is 268 g/mol. The summed E-state index contributed by atoms with van der Waals surface area (Å²) in [5, 5.41) is 13.1. The molecule has 1 unspecified atom stereocenters. The van der Waals surface area contributed by atoms with Crippen molar-refractivity contribution in [1.29, 1.82) is 0 Å². The van der Waals surface area contributed by atoms with E-state index in [1.165, 1.54) is 0 Å². The summed E-state index contributed by atoms with van der Waals surface area (Å²) in [6, 6.07) is 7.40. The first-order valence-corrected chi connectivity index (χ1v) is 7.44. The number of aliphatic hydroxyl groups excluding tert-OH is 1. The summed E-state index contributed by atoms with van der Waals surface area (Å²) in [4.78, 5) is 25.8. The molecule has 112 valence electrons. The number of aliphatic hydroxyl groups is 1. The van der Waals surface area contributed by atoms with Crippen LogP contribution in [0, 0.1) is 5.92 Å². The van der Waals surface area contributed by atoms with Gasteiger partial charge in [0.15, 0.2) is 0 Å². The van der Waals surface area contributed by atoms with E-state index in [-0.39, 0.29) is 30.2 Å². The number of carbonyl (C=O) groups excluding carboxylic acids is 2. The second-order valence-electron chi connectivity index (χ2n) is 5.79. The molecule has 0 bridgehead atoms. The molecule has 0 radical (unpaired) electrons. The van der Waals surface area contributed by atoms with Crippen molar-refractivity contribution in [2.45, 2.75) is 31.9 Å². The van der Waals surface area contributed by atoms with Gasteiger partial charge >= 0.3 is 0 Å². The number of carbonyl (C=O) groups is 2. The van der Waals surface area contributed by atoms with Crippen LogP contribution in [-0.4, -0.2) is 41.0 Å². The fourth-order valence-corrected chi connectivity index (χ4v) is 3.27. The molecule has 5 nitrogen and oxygen atoms in total. The molecule has 5 heteroatoms. The summed E-state index contributed by atoms with van der Waals surface area (Å²) in [7, 11) is 0. The smallest absolute Gasteiger partial charge is 0.225 e. The zero-order chi connectivity index (χ0) is 15.0. The van der Waals surface area contributed by atoms with Crippen molar-refractivity contribution in [1.82, 2.24) is 10.2 Å². The SMILES string of the molecule is CCN1CC(C(=O)N[C@@H]2c3ccccc3C[C@@H]2O)CC1=O. The molecule has 21 heavy (non-hydrogen) atoms. The molecule has 0 spiro atoms. The van der Waals surface area contributed by atoms with Gasteiger partial charge in [-0.05, 0) is 18.1 Å². The molecule has 2 amide bonds. The summed E-state index contributed by atoms with van der Waals surface area (Å²) < 4.78 is 0. The van der Waals surface area contributed by atoms with Crippen LogP contribution in [0.2, 0.25) is 0 Å². The fraction of sp³-hybridized carbons (Fsp3) is 0.500. The first kappa shape index (κ1) is 14.1. The predicted molar refractivity (Wildman–Crippen MR) is 77.4 cm³/mol. The highest BCUT2D eigenvalue weighted by Crippen LogP contribution is 2.32. The minimum atomic E-state index is -0.592. The largest absolute Gasteiger partial charge is 0.390 e. The number of hydrogen-bond acceptors (Lipinski definition) is 3. The molecule has 2 N–H and O–H groups in total. The number of hydrogen-bond donors (Lipinski definition) is 2. The van der Waals surface area contributed by atoms with Crippen molar-refractivity contribution in [3.63, 3.8) is 0 Å². The van der Waals surface area contributed by atoms with E-state index in [1.807, 2.05) is 31.2 Å². The number of likely N-dealkylation sites (tertiary alicyclic amines) is 1. The Morgan fingerprint density at radius 3 is 2.86 bits per heavy atom. The lowest BCUT2D eigenvalue weighted by Crippen LogP contribution is -2.38. The van der Waals surface area contributed by atoms with E-state index < -0.39 is 6.10 Å². The third-order valence-electron chi connectivity index (χ3n) is 4.47. The van der Waals surface area contributed by atoms with Gasteiger partial charge in [-0.15, -0.1) is 0 Å². The molecule has 2 aliphatic rings. The monoisotopic (exact) mass is 288 g/mol. The van der Waals surface area contributed by atoms with E-state index in [1.54, 1.807) is 4.90 Å². The van der Waals surface area contributed by atoms with Crippen molar-refractivity contribution in [3.8, 4) is 0 Å². The standard InChI is InChI=1S/C16H20N2O3/c1-2-18-9-11(8-14(18)20)16(21)17-15-12-6-4-3-5-10(12)7-13(15)19/h3-6,11,13,15,19H,2,7-9H2,1H3,(H,17,21)/t11?,13-,15+/m0/s1. The Kier molecular flexibility index (Phi) is 3.68. The summed E-state index contributed by atoms with van der Waals surface area (Å²) in [6.07, 6.45) is 0.237. The maximum absolute atomic E-state index is 12.4. The van der Waals surface area contributed by atoms with Gasteiger partial charge in [-0.25, -0.2) is 0 Å². The number of amides is 2. The van der Waals surface area contributed by atoms with Crippen LogP contribution in [-0.2, 0) is 16.0 Å². The van der Waals surface area contributed by atoms with Gasteiger partial charge in [-0.2, -0.15) is 0 Å². The first-order chi connectivity index (χ1) is 10.1. The van der Waals surface area contributed by atoms with E-state index in [4.69, 9.17) is 0 Å². The van der Waals surface area contributed by atoms with Gasteiger partial charge in [0.1, 0.15) is 0 Å². The van der Waals surface area contributed by atoms with Crippen LogP contribution in [0.25, 0.3) is 0 Å². The van der Waals surface area contributed by atoms with Gasteiger partial charge in [0.25, 0.3) is 0 Å². The Morgan fingerprint density at radius 1 is 1.38 bits per heavy atom. The summed E-state index contributed by atoms with van der Waals surface area (Å²) >= 11 is 0. The summed E-state index contributed by atoms with van der Waals surface area (Å²) in [5.41, 5.74) is 2.06. The third kappa shape index (κ3) is 2.53. The Bertz CT molecular complexity index is 572. The van der Waals surface area contributed by atoms with Crippen molar-refractivity contribution >= 4 is 11.8 Å².